The number of carbonyl (C=O) groups is 1. The molecule has 106 valence electrons. The van der Waals surface area contributed by atoms with Crippen molar-refractivity contribution in [2.45, 2.75) is 26.8 Å². The maximum atomic E-state index is 11.1. The van der Waals surface area contributed by atoms with Gasteiger partial charge in [-0.15, -0.1) is 0 Å². The molecule has 0 aliphatic rings. The molecule has 0 fully saturated rings. The summed E-state index contributed by atoms with van der Waals surface area (Å²) in [5.41, 5.74) is 1.13. The number of aliphatic carboxylic acids is 1. The van der Waals surface area contributed by atoms with Crippen LogP contribution in [0, 0.1) is 11.8 Å². The van der Waals surface area contributed by atoms with E-state index in [1.165, 1.54) is 0 Å². The standard InChI is InChI=1S/C14H19Br2NO2/c1-9(2)5-11(14(18)19)8-17-7-10-3-4-12(15)13(16)6-10/h3-4,6,9,11,17H,5,7-8H2,1-2H3,(H,18,19). The Hall–Kier alpha value is -0.390. The first-order chi connectivity index (χ1) is 8.90. The Morgan fingerprint density at radius 1 is 1.32 bits per heavy atom. The summed E-state index contributed by atoms with van der Waals surface area (Å²) < 4.78 is 2.02. The van der Waals surface area contributed by atoms with Crippen LogP contribution in [0.5, 0.6) is 0 Å². The van der Waals surface area contributed by atoms with Crippen LogP contribution in [0.15, 0.2) is 27.1 Å². The summed E-state index contributed by atoms with van der Waals surface area (Å²) in [4.78, 5) is 11.1. The Bertz CT molecular complexity index is 435. The molecule has 2 N–H and O–H groups in total. The van der Waals surface area contributed by atoms with Gasteiger partial charge in [0.25, 0.3) is 0 Å². The molecule has 0 amide bonds. The molecule has 19 heavy (non-hydrogen) atoms. The normalized spacial score (nSPS) is 12.7. The van der Waals surface area contributed by atoms with Crippen molar-refractivity contribution in [3.63, 3.8) is 0 Å². The van der Waals surface area contributed by atoms with Gasteiger partial charge in [-0.3, -0.25) is 4.79 Å². The van der Waals surface area contributed by atoms with Crippen molar-refractivity contribution in [1.29, 1.82) is 0 Å². The van der Waals surface area contributed by atoms with Crippen LogP contribution in [-0.2, 0) is 11.3 Å². The first kappa shape index (κ1) is 16.7. The van der Waals surface area contributed by atoms with Gasteiger partial charge in [0.2, 0.25) is 0 Å². The van der Waals surface area contributed by atoms with Crippen molar-refractivity contribution in [3.05, 3.63) is 32.7 Å². The molecule has 0 aromatic heterocycles. The Kier molecular flexibility index (Phi) is 7.04. The second-order valence-electron chi connectivity index (χ2n) is 5.04. The highest BCUT2D eigenvalue weighted by atomic mass is 79.9. The molecule has 0 spiro atoms. The number of hydrogen-bond donors (Lipinski definition) is 2. The average molecular weight is 393 g/mol. The van der Waals surface area contributed by atoms with E-state index in [1.807, 2.05) is 32.0 Å². The van der Waals surface area contributed by atoms with Crippen LogP contribution in [0.2, 0.25) is 0 Å². The lowest BCUT2D eigenvalue weighted by Crippen LogP contribution is -2.29. The molecule has 1 unspecified atom stereocenters. The predicted octanol–water partition coefficient (Wildman–Crippen LogP) is 4.05. The van der Waals surface area contributed by atoms with Crippen molar-refractivity contribution >= 4 is 37.8 Å². The molecule has 1 aromatic carbocycles. The molecule has 0 saturated heterocycles. The first-order valence-electron chi connectivity index (χ1n) is 6.27. The summed E-state index contributed by atoms with van der Waals surface area (Å²) >= 11 is 6.88. The van der Waals surface area contributed by atoms with Gasteiger partial charge in [-0.1, -0.05) is 19.9 Å². The van der Waals surface area contributed by atoms with E-state index in [1.54, 1.807) is 0 Å². The zero-order valence-corrected chi connectivity index (χ0v) is 14.3. The lowest BCUT2D eigenvalue weighted by Gasteiger charge is -2.15. The maximum absolute atomic E-state index is 11.1. The van der Waals surface area contributed by atoms with E-state index < -0.39 is 5.97 Å². The molecule has 0 bridgehead atoms. The minimum atomic E-state index is -0.724. The van der Waals surface area contributed by atoms with Crippen molar-refractivity contribution < 1.29 is 9.90 Å². The molecule has 5 heteroatoms. The van der Waals surface area contributed by atoms with Gasteiger partial charge in [-0.2, -0.15) is 0 Å². The minimum absolute atomic E-state index is 0.320. The quantitative estimate of drug-likeness (QED) is 0.735. The lowest BCUT2D eigenvalue weighted by atomic mass is 9.97. The second kappa shape index (κ2) is 8.02. The summed E-state index contributed by atoms with van der Waals surface area (Å²) in [6.45, 7) is 5.26. The number of carboxylic acid groups (broad SMARTS) is 1. The van der Waals surface area contributed by atoms with Crippen molar-refractivity contribution in [2.75, 3.05) is 6.54 Å². The van der Waals surface area contributed by atoms with E-state index in [0.29, 0.717) is 25.4 Å². The van der Waals surface area contributed by atoms with Gasteiger partial charge in [0, 0.05) is 22.0 Å². The fraction of sp³-hybridized carbons (Fsp3) is 0.500. The molecule has 0 heterocycles. The van der Waals surface area contributed by atoms with Gasteiger partial charge < -0.3 is 10.4 Å². The second-order valence-corrected chi connectivity index (χ2v) is 6.75. The van der Waals surface area contributed by atoms with E-state index in [2.05, 4.69) is 37.2 Å². The summed E-state index contributed by atoms with van der Waals surface area (Å²) in [5.74, 6) is -0.651. The van der Waals surface area contributed by atoms with Crippen LogP contribution >= 0.6 is 31.9 Å². The topological polar surface area (TPSA) is 49.3 Å². The highest BCUT2D eigenvalue weighted by Crippen LogP contribution is 2.23. The van der Waals surface area contributed by atoms with Gasteiger partial charge in [0.15, 0.2) is 0 Å². The fourth-order valence-electron chi connectivity index (χ4n) is 1.88. The SMILES string of the molecule is CC(C)CC(CNCc1ccc(Br)c(Br)c1)C(=O)O. The van der Waals surface area contributed by atoms with Crippen molar-refractivity contribution in [1.82, 2.24) is 5.32 Å². The molecular weight excluding hydrogens is 374 g/mol. The van der Waals surface area contributed by atoms with Crippen LogP contribution in [0.25, 0.3) is 0 Å². The largest absolute Gasteiger partial charge is 0.481 e. The van der Waals surface area contributed by atoms with Gasteiger partial charge >= 0.3 is 5.97 Å². The van der Waals surface area contributed by atoms with E-state index in [-0.39, 0.29) is 5.92 Å². The first-order valence-corrected chi connectivity index (χ1v) is 7.86. The van der Waals surface area contributed by atoms with E-state index >= 15 is 0 Å². The van der Waals surface area contributed by atoms with Gasteiger partial charge in [-0.05, 0) is 61.9 Å². The molecule has 0 aliphatic heterocycles. The monoisotopic (exact) mass is 391 g/mol. The molecule has 0 radical (unpaired) electrons. The molecule has 1 atom stereocenters. The molecule has 0 saturated carbocycles. The molecular formula is C14H19Br2NO2. The summed E-state index contributed by atoms with van der Waals surface area (Å²) in [6.07, 6.45) is 0.701. The molecule has 1 aromatic rings. The number of benzene rings is 1. The Morgan fingerprint density at radius 2 is 2.00 bits per heavy atom. The van der Waals surface area contributed by atoms with E-state index in [9.17, 15) is 4.79 Å². The minimum Gasteiger partial charge on any atom is -0.481 e. The van der Waals surface area contributed by atoms with Crippen LogP contribution < -0.4 is 5.32 Å². The highest BCUT2D eigenvalue weighted by Gasteiger charge is 2.18. The number of carboxylic acids is 1. The van der Waals surface area contributed by atoms with Crippen molar-refractivity contribution in [2.24, 2.45) is 11.8 Å². The number of nitrogens with one attached hydrogen (secondary N) is 1. The number of rotatable bonds is 7. The van der Waals surface area contributed by atoms with E-state index in [0.717, 1.165) is 14.5 Å². The fourth-order valence-corrected chi connectivity index (χ4v) is 2.55. The zero-order valence-electron chi connectivity index (χ0n) is 11.1. The Morgan fingerprint density at radius 3 is 2.53 bits per heavy atom. The third kappa shape index (κ3) is 6.06. The summed E-state index contributed by atoms with van der Waals surface area (Å²) in [5, 5.41) is 12.4. The zero-order chi connectivity index (χ0) is 14.4. The van der Waals surface area contributed by atoms with Gasteiger partial charge in [-0.25, -0.2) is 0 Å². The number of halogens is 2. The number of hydrogen-bond acceptors (Lipinski definition) is 2. The molecule has 0 aliphatic carbocycles. The van der Waals surface area contributed by atoms with Crippen LogP contribution in [-0.4, -0.2) is 17.6 Å². The lowest BCUT2D eigenvalue weighted by molar-refractivity contribution is -0.142. The third-order valence-corrected chi connectivity index (χ3v) is 4.69. The summed E-state index contributed by atoms with van der Waals surface area (Å²) in [6, 6.07) is 6.01. The Labute approximate surface area is 131 Å². The molecule has 3 nitrogen and oxygen atoms in total. The van der Waals surface area contributed by atoms with Crippen molar-refractivity contribution in [3.8, 4) is 0 Å². The highest BCUT2D eigenvalue weighted by molar-refractivity contribution is 9.13. The van der Waals surface area contributed by atoms with Crippen LogP contribution in [0.4, 0.5) is 0 Å². The average Bonchev–Trinajstić information content (AvgIpc) is 2.31. The van der Waals surface area contributed by atoms with Crippen LogP contribution in [0.1, 0.15) is 25.8 Å². The maximum Gasteiger partial charge on any atom is 0.307 e. The smallest absolute Gasteiger partial charge is 0.307 e. The Balaban J connectivity index is 2.47. The predicted molar refractivity (Wildman–Crippen MR) is 84.1 cm³/mol. The van der Waals surface area contributed by atoms with Gasteiger partial charge in [0.1, 0.15) is 0 Å². The third-order valence-electron chi connectivity index (χ3n) is 2.81. The molecule has 1 rings (SSSR count). The van der Waals surface area contributed by atoms with Gasteiger partial charge in [0.05, 0.1) is 5.92 Å². The van der Waals surface area contributed by atoms with Crippen LogP contribution in [0.3, 0.4) is 0 Å². The summed E-state index contributed by atoms with van der Waals surface area (Å²) in [7, 11) is 0. The van der Waals surface area contributed by atoms with E-state index in [4.69, 9.17) is 5.11 Å².